The van der Waals surface area contributed by atoms with Crippen LogP contribution in [0.25, 0.3) is 0 Å². The van der Waals surface area contributed by atoms with Crippen molar-refractivity contribution in [3.05, 3.63) is 82.1 Å². The van der Waals surface area contributed by atoms with E-state index >= 15 is 0 Å². The molecule has 0 aliphatic heterocycles. The van der Waals surface area contributed by atoms with Crippen molar-refractivity contribution in [2.75, 3.05) is 11.1 Å². The molecule has 0 fully saturated rings. The van der Waals surface area contributed by atoms with Gasteiger partial charge in [-0.25, -0.2) is 0 Å². The van der Waals surface area contributed by atoms with E-state index in [2.05, 4.69) is 27.4 Å². The first-order valence-electron chi connectivity index (χ1n) is 10.1. The van der Waals surface area contributed by atoms with Crippen molar-refractivity contribution < 1.29 is 9.59 Å². The van der Waals surface area contributed by atoms with Gasteiger partial charge in [0.2, 0.25) is 5.91 Å². The molecule has 1 aromatic heterocycles. The number of amides is 2. The lowest BCUT2D eigenvalue weighted by atomic mass is 10.1. The molecule has 0 aliphatic rings. The predicted octanol–water partition coefficient (Wildman–Crippen LogP) is 5.30. The third-order valence-corrected chi connectivity index (χ3v) is 6.23. The van der Waals surface area contributed by atoms with Crippen LogP contribution in [0.5, 0.6) is 0 Å². The summed E-state index contributed by atoms with van der Waals surface area (Å²) in [6.07, 6.45) is 1.71. The summed E-state index contributed by atoms with van der Waals surface area (Å²) in [4.78, 5) is 25.1. The summed E-state index contributed by atoms with van der Waals surface area (Å²) < 4.78 is 1.82. The molecule has 0 radical (unpaired) electrons. The van der Waals surface area contributed by atoms with Crippen LogP contribution in [0.1, 0.15) is 34.7 Å². The Balaban J connectivity index is 1.68. The first-order chi connectivity index (χ1) is 15.8. The molecule has 0 aliphatic carbocycles. The van der Waals surface area contributed by atoms with Crippen LogP contribution in [0.2, 0.25) is 10.0 Å². The second-order valence-corrected chi connectivity index (χ2v) is 9.00. The van der Waals surface area contributed by atoms with Crippen molar-refractivity contribution in [3.63, 3.8) is 0 Å². The van der Waals surface area contributed by atoms with Crippen LogP contribution in [0.4, 0.5) is 5.69 Å². The van der Waals surface area contributed by atoms with Crippen molar-refractivity contribution in [2.45, 2.75) is 31.6 Å². The fourth-order valence-corrected chi connectivity index (χ4v) is 4.31. The Morgan fingerprint density at radius 2 is 1.97 bits per heavy atom. The van der Waals surface area contributed by atoms with E-state index < -0.39 is 6.04 Å². The number of nitrogens with one attached hydrogen (secondary N) is 2. The van der Waals surface area contributed by atoms with Crippen molar-refractivity contribution >= 4 is 52.5 Å². The number of rotatable bonds is 9. The van der Waals surface area contributed by atoms with Crippen molar-refractivity contribution in [2.24, 2.45) is 0 Å². The summed E-state index contributed by atoms with van der Waals surface area (Å²) in [5.41, 5.74) is 1.97. The fraction of sp³-hybridized carbons (Fsp3) is 0.217. The Labute approximate surface area is 206 Å². The summed E-state index contributed by atoms with van der Waals surface area (Å²) in [6.45, 7) is 7.94. The Kier molecular flexibility index (Phi) is 8.55. The van der Waals surface area contributed by atoms with Crippen molar-refractivity contribution in [3.8, 4) is 0 Å². The number of hydrogen-bond donors (Lipinski definition) is 2. The van der Waals surface area contributed by atoms with E-state index in [-0.39, 0.29) is 17.6 Å². The van der Waals surface area contributed by atoms with E-state index in [1.807, 2.05) is 36.6 Å². The predicted molar refractivity (Wildman–Crippen MR) is 133 cm³/mol. The van der Waals surface area contributed by atoms with Gasteiger partial charge >= 0.3 is 0 Å². The van der Waals surface area contributed by atoms with Gasteiger partial charge < -0.3 is 15.2 Å². The van der Waals surface area contributed by atoms with Crippen LogP contribution in [0, 0.1) is 6.92 Å². The van der Waals surface area contributed by atoms with Gasteiger partial charge in [-0.15, -0.1) is 16.8 Å². The van der Waals surface area contributed by atoms with E-state index in [0.717, 1.165) is 5.56 Å². The van der Waals surface area contributed by atoms with E-state index in [4.69, 9.17) is 23.2 Å². The largest absolute Gasteiger partial charge is 0.342 e. The van der Waals surface area contributed by atoms with Gasteiger partial charge in [-0.05, 0) is 43.7 Å². The molecule has 3 rings (SSSR count). The standard InChI is InChI=1S/C23H23Cl2N5O2S/c1-4-11-30-21(15(3)26-22(32)17-8-6-5-7-14(17)2)28-29-23(30)33-13-20(31)27-19-10-9-16(24)12-18(19)25/h4-10,12,15H,1,11,13H2,2-3H3,(H,26,32)(H,27,31)/t15-/m0/s1. The number of anilines is 1. The maximum Gasteiger partial charge on any atom is 0.252 e. The van der Waals surface area contributed by atoms with Gasteiger partial charge in [0.1, 0.15) is 0 Å². The molecule has 1 heterocycles. The van der Waals surface area contributed by atoms with Crippen LogP contribution in [-0.2, 0) is 11.3 Å². The lowest BCUT2D eigenvalue weighted by Crippen LogP contribution is -2.29. The lowest BCUT2D eigenvalue weighted by molar-refractivity contribution is -0.113. The molecule has 1 atom stereocenters. The summed E-state index contributed by atoms with van der Waals surface area (Å²) in [6, 6.07) is 11.8. The van der Waals surface area contributed by atoms with Crippen molar-refractivity contribution in [1.82, 2.24) is 20.1 Å². The summed E-state index contributed by atoms with van der Waals surface area (Å²) >= 11 is 13.2. The molecule has 0 spiro atoms. The van der Waals surface area contributed by atoms with Gasteiger partial charge in [0.25, 0.3) is 5.91 Å². The SMILES string of the molecule is C=CCn1c(SCC(=O)Nc2ccc(Cl)cc2Cl)nnc1[C@H](C)NC(=O)c1ccccc1C. The number of halogens is 2. The maximum absolute atomic E-state index is 12.7. The van der Waals surface area contributed by atoms with Crippen LogP contribution in [0.3, 0.4) is 0 Å². The lowest BCUT2D eigenvalue weighted by Gasteiger charge is -2.16. The first kappa shape index (κ1) is 24.8. The third kappa shape index (κ3) is 6.37. The van der Waals surface area contributed by atoms with E-state index in [9.17, 15) is 9.59 Å². The summed E-state index contributed by atoms with van der Waals surface area (Å²) in [7, 11) is 0. The molecule has 33 heavy (non-hydrogen) atoms. The number of carbonyl (C=O) groups excluding carboxylic acids is 2. The Bertz CT molecular complexity index is 1180. The minimum atomic E-state index is -0.402. The van der Waals surface area contributed by atoms with Crippen LogP contribution < -0.4 is 10.6 Å². The van der Waals surface area contributed by atoms with Gasteiger partial charge in [0, 0.05) is 17.1 Å². The van der Waals surface area contributed by atoms with E-state index in [1.54, 1.807) is 30.3 Å². The molecule has 2 aromatic carbocycles. The molecule has 0 saturated heterocycles. The molecule has 0 unspecified atom stereocenters. The van der Waals surface area contributed by atoms with Crippen LogP contribution >= 0.6 is 35.0 Å². The number of benzene rings is 2. The van der Waals surface area contributed by atoms with Gasteiger partial charge in [-0.3, -0.25) is 9.59 Å². The van der Waals surface area contributed by atoms with Gasteiger partial charge in [-0.1, -0.05) is 59.2 Å². The molecule has 0 bridgehead atoms. The molecular formula is C23H23Cl2N5O2S. The van der Waals surface area contributed by atoms with Gasteiger partial charge in [0.15, 0.2) is 11.0 Å². The highest BCUT2D eigenvalue weighted by molar-refractivity contribution is 7.99. The van der Waals surface area contributed by atoms with Gasteiger partial charge in [-0.2, -0.15) is 0 Å². The number of thioether (sulfide) groups is 1. The Morgan fingerprint density at radius 1 is 1.21 bits per heavy atom. The molecule has 0 saturated carbocycles. The Hall–Kier alpha value is -2.81. The van der Waals surface area contributed by atoms with Crippen molar-refractivity contribution in [1.29, 1.82) is 0 Å². The van der Waals surface area contributed by atoms with E-state index in [0.29, 0.717) is 38.8 Å². The first-order valence-corrected chi connectivity index (χ1v) is 11.8. The zero-order valence-corrected chi connectivity index (χ0v) is 20.5. The molecule has 7 nitrogen and oxygen atoms in total. The molecule has 2 N–H and O–H groups in total. The average molecular weight is 504 g/mol. The summed E-state index contributed by atoms with van der Waals surface area (Å²) in [5.74, 6) is 0.223. The van der Waals surface area contributed by atoms with Gasteiger partial charge in [0.05, 0.1) is 22.5 Å². The topological polar surface area (TPSA) is 88.9 Å². The minimum absolute atomic E-state index is 0.0954. The number of nitrogens with zero attached hydrogens (tertiary/aromatic N) is 3. The Morgan fingerprint density at radius 3 is 2.67 bits per heavy atom. The van der Waals surface area contributed by atoms with E-state index in [1.165, 1.54) is 11.8 Å². The normalized spacial score (nSPS) is 11.6. The zero-order chi connectivity index (χ0) is 24.0. The highest BCUT2D eigenvalue weighted by atomic mass is 35.5. The maximum atomic E-state index is 12.7. The third-order valence-electron chi connectivity index (χ3n) is 4.72. The number of aryl methyl sites for hydroxylation is 1. The van der Waals surface area contributed by atoms with Crippen LogP contribution in [0.15, 0.2) is 60.3 Å². The number of aromatic nitrogens is 3. The molecular weight excluding hydrogens is 481 g/mol. The molecule has 3 aromatic rings. The smallest absolute Gasteiger partial charge is 0.252 e. The number of allylic oxidation sites excluding steroid dienone is 1. The molecule has 10 heteroatoms. The zero-order valence-electron chi connectivity index (χ0n) is 18.1. The second kappa shape index (κ2) is 11.4. The minimum Gasteiger partial charge on any atom is -0.342 e. The quantitative estimate of drug-likeness (QED) is 0.305. The second-order valence-electron chi connectivity index (χ2n) is 7.21. The molecule has 2 amide bonds. The fourth-order valence-electron chi connectivity index (χ4n) is 3.10. The monoisotopic (exact) mass is 503 g/mol. The van der Waals surface area contributed by atoms with Crippen LogP contribution in [-0.4, -0.2) is 32.3 Å². The number of carbonyl (C=O) groups is 2. The average Bonchev–Trinajstić information content (AvgIpc) is 3.17. The highest BCUT2D eigenvalue weighted by Gasteiger charge is 2.21. The molecule has 172 valence electrons. The highest BCUT2D eigenvalue weighted by Crippen LogP contribution is 2.26. The number of hydrogen-bond acceptors (Lipinski definition) is 5. The summed E-state index contributed by atoms with van der Waals surface area (Å²) in [5, 5.41) is 15.6.